The number of carboxylic acids is 1. The van der Waals surface area contributed by atoms with E-state index in [1.807, 2.05) is 13.0 Å². The van der Waals surface area contributed by atoms with E-state index in [9.17, 15) is 4.79 Å². The predicted molar refractivity (Wildman–Crippen MR) is 54.6 cm³/mol. The molecule has 1 unspecified atom stereocenters. The number of halogens is 1. The van der Waals surface area contributed by atoms with Crippen LogP contribution in [0.15, 0.2) is 6.07 Å². The molecule has 1 heterocycles. The number of thiophene rings is 1. The van der Waals surface area contributed by atoms with Gasteiger partial charge >= 0.3 is 5.97 Å². The van der Waals surface area contributed by atoms with Crippen molar-refractivity contribution in [2.75, 3.05) is 0 Å². The van der Waals surface area contributed by atoms with Crippen molar-refractivity contribution in [3.8, 4) is 0 Å². The van der Waals surface area contributed by atoms with E-state index in [0.717, 1.165) is 14.8 Å². The Bertz CT molecular complexity index is 300. The maximum Gasteiger partial charge on any atom is 0.306 e. The number of aliphatic carboxylic acids is 1. The molecule has 1 N–H and O–H groups in total. The first-order valence-corrected chi connectivity index (χ1v) is 5.17. The van der Waals surface area contributed by atoms with Crippen LogP contribution in [0.5, 0.6) is 0 Å². The van der Waals surface area contributed by atoms with Gasteiger partial charge in [0.1, 0.15) is 0 Å². The van der Waals surface area contributed by atoms with E-state index in [0.29, 0.717) is 6.42 Å². The van der Waals surface area contributed by atoms with Gasteiger partial charge in [-0.05, 0) is 19.4 Å². The van der Waals surface area contributed by atoms with Crippen molar-refractivity contribution in [3.05, 3.63) is 20.8 Å². The second-order valence-corrected chi connectivity index (χ2v) is 4.81. The van der Waals surface area contributed by atoms with Gasteiger partial charge in [0.25, 0.3) is 0 Å². The van der Waals surface area contributed by atoms with Crippen molar-refractivity contribution in [3.63, 3.8) is 0 Å². The molecule has 0 aromatic carbocycles. The Hall–Kier alpha value is -0.540. The molecule has 0 saturated carbocycles. The van der Waals surface area contributed by atoms with Crippen LogP contribution in [0.3, 0.4) is 0 Å². The first-order chi connectivity index (χ1) is 6.00. The van der Waals surface area contributed by atoms with Crippen LogP contribution in [0.2, 0.25) is 5.02 Å². The van der Waals surface area contributed by atoms with Gasteiger partial charge in [0.2, 0.25) is 0 Å². The van der Waals surface area contributed by atoms with Crippen LogP contribution in [0, 0.1) is 12.8 Å². The summed E-state index contributed by atoms with van der Waals surface area (Å²) in [6.07, 6.45) is 0.563. The Morgan fingerprint density at radius 1 is 1.77 bits per heavy atom. The standard InChI is InChI=1S/C9H11ClO2S/c1-5(9(11)12)3-7-4-8(10)6(2)13-7/h4-5H,3H2,1-2H3,(H,11,12). The monoisotopic (exact) mass is 218 g/mol. The molecular weight excluding hydrogens is 208 g/mol. The molecule has 2 nitrogen and oxygen atoms in total. The lowest BCUT2D eigenvalue weighted by atomic mass is 10.1. The zero-order valence-electron chi connectivity index (χ0n) is 7.50. The lowest BCUT2D eigenvalue weighted by molar-refractivity contribution is -0.141. The van der Waals surface area contributed by atoms with Crippen molar-refractivity contribution in [2.45, 2.75) is 20.3 Å². The minimum absolute atomic E-state index is 0.339. The highest BCUT2D eigenvalue weighted by Crippen LogP contribution is 2.27. The molecule has 0 radical (unpaired) electrons. The molecule has 0 aliphatic heterocycles. The van der Waals surface area contributed by atoms with Gasteiger partial charge in [0.05, 0.1) is 10.9 Å². The van der Waals surface area contributed by atoms with Gasteiger partial charge in [0.15, 0.2) is 0 Å². The van der Waals surface area contributed by atoms with Crippen LogP contribution in [-0.4, -0.2) is 11.1 Å². The van der Waals surface area contributed by atoms with Crippen LogP contribution in [-0.2, 0) is 11.2 Å². The third kappa shape index (κ3) is 2.71. The number of rotatable bonds is 3. The summed E-state index contributed by atoms with van der Waals surface area (Å²) < 4.78 is 0. The number of hydrogen-bond donors (Lipinski definition) is 1. The quantitative estimate of drug-likeness (QED) is 0.847. The fourth-order valence-corrected chi connectivity index (χ4v) is 2.38. The summed E-state index contributed by atoms with van der Waals surface area (Å²) in [7, 11) is 0. The van der Waals surface area contributed by atoms with Crippen LogP contribution in [0.25, 0.3) is 0 Å². The topological polar surface area (TPSA) is 37.3 Å². The van der Waals surface area contributed by atoms with Gasteiger partial charge < -0.3 is 5.11 Å². The normalized spacial score (nSPS) is 12.8. The fraction of sp³-hybridized carbons (Fsp3) is 0.444. The Morgan fingerprint density at radius 2 is 2.38 bits per heavy atom. The lowest BCUT2D eigenvalue weighted by Gasteiger charge is -2.01. The SMILES string of the molecule is Cc1sc(CC(C)C(=O)O)cc1Cl. The molecule has 72 valence electrons. The molecule has 0 fully saturated rings. The molecule has 0 spiro atoms. The molecule has 0 bridgehead atoms. The maximum absolute atomic E-state index is 10.6. The van der Waals surface area contributed by atoms with E-state index < -0.39 is 5.97 Å². The third-order valence-electron chi connectivity index (χ3n) is 1.84. The van der Waals surface area contributed by atoms with Gasteiger partial charge in [-0.1, -0.05) is 18.5 Å². The molecule has 1 atom stereocenters. The second-order valence-electron chi connectivity index (χ2n) is 3.06. The van der Waals surface area contributed by atoms with Crippen LogP contribution >= 0.6 is 22.9 Å². The van der Waals surface area contributed by atoms with Crippen molar-refractivity contribution in [1.29, 1.82) is 0 Å². The lowest BCUT2D eigenvalue weighted by Crippen LogP contribution is -2.11. The summed E-state index contributed by atoms with van der Waals surface area (Å²) in [5.74, 6) is -1.10. The van der Waals surface area contributed by atoms with Gasteiger partial charge in [-0.25, -0.2) is 0 Å². The molecule has 0 aliphatic carbocycles. The summed E-state index contributed by atoms with van der Waals surface area (Å²) in [5, 5.41) is 9.42. The van der Waals surface area contributed by atoms with Crippen molar-refractivity contribution >= 4 is 28.9 Å². The second kappa shape index (κ2) is 4.11. The van der Waals surface area contributed by atoms with Gasteiger partial charge in [-0.15, -0.1) is 11.3 Å². The summed E-state index contributed by atoms with van der Waals surface area (Å²) in [6.45, 7) is 3.63. The predicted octanol–water partition coefficient (Wildman–Crippen LogP) is 2.97. The third-order valence-corrected chi connectivity index (χ3v) is 3.41. The zero-order chi connectivity index (χ0) is 10.0. The Labute approximate surface area is 86.2 Å². The fourth-order valence-electron chi connectivity index (χ4n) is 1.01. The summed E-state index contributed by atoms with van der Waals surface area (Å²) in [5.41, 5.74) is 0. The number of hydrogen-bond acceptors (Lipinski definition) is 2. The van der Waals surface area contributed by atoms with Crippen molar-refractivity contribution in [1.82, 2.24) is 0 Å². The van der Waals surface area contributed by atoms with E-state index in [1.165, 1.54) is 0 Å². The van der Waals surface area contributed by atoms with Crippen LogP contribution < -0.4 is 0 Å². The Balaban J connectivity index is 2.69. The molecule has 1 rings (SSSR count). The summed E-state index contributed by atoms with van der Waals surface area (Å²) in [4.78, 5) is 12.7. The highest BCUT2D eigenvalue weighted by molar-refractivity contribution is 7.12. The van der Waals surface area contributed by atoms with E-state index in [4.69, 9.17) is 16.7 Å². The van der Waals surface area contributed by atoms with E-state index in [-0.39, 0.29) is 5.92 Å². The van der Waals surface area contributed by atoms with Crippen LogP contribution in [0.1, 0.15) is 16.7 Å². The van der Waals surface area contributed by atoms with Crippen LogP contribution in [0.4, 0.5) is 0 Å². The van der Waals surface area contributed by atoms with E-state index in [1.54, 1.807) is 18.3 Å². The van der Waals surface area contributed by atoms with E-state index >= 15 is 0 Å². The average molecular weight is 219 g/mol. The minimum atomic E-state index is -0.762. The number of carbonyl (C=O) groups is 1. The van der Waals surface area contributed by atoms with E-state index in [2.05, 4.69) is 0 Å². The van der Waals surface area contributed by atoms with Crippen molar-refractivity contribution in [2.24, 2.45) is 5.92 Å². The highest BCUT2D eigenvalue weighted by atomic mass is 35.5. The number of carboxylic acid groups (broad SMARTS) is 1. The molecule has 0 amide bonds. The van der Waals surface area contributed by atoms with Gasteiger partial charge in [-0.3, -0.25) is 4.79 Å². The molecule has 1 aromatic rings. The first kappa shape index (κ1) is 10.5. The molecule has 13 heavy (non-hydrogen) atoms. The zero-order valence-corrected chi connectivity index (χ0v) is 9.08. The van der Waals surface area contributed by atoms with Crippen molar-refractivity contribution < 1.29 is 9.90 Å². The maximum atomic E-state index is 10.6. The Morgan fingerprint density at radius 3 is 2.77 bits per heavy atom. The highest BCUT2D eigenvalue weighted by Gasteiger charge is 2.13. The first-order valence-electron chi connectivity index (χ1n) is 3.98. The summed E-state index contributed by atoms with van der Waals surface area (Å²) >= 11 is 7.42. The number of aryl methyl sites for hydroxylation is 1. The molecule has 1 aromatic heterocycles. The molecule has 4 heteroatoms. The molecule has 0 saturated heterocycles. The molecule has 0 aliphatic rings. The minimum Gasteiger partial charge on any atom is -0.481 e. The average Bonchev–Trinajstić information content (AvgIpc) is 2.31. The molecular formula is C9H11ClO2S. The Kier molecular flexibility index (Phi) is 3.33. The largest absolute Gasteiger partial charge is 0.481 e. The summed E-state index contributed by atoms with van der Waals surface area (Å²) in [6, 6.07) is 1.85. The van der Waals surface area contributed by atoms with Gasteiger partial charge in [-0.2, -0.15) is 0 Å². The van der Waals surface area contributed by atoms with Gasteiger partial charge in [0, 0.05) is 9.75 Å². The smallest absolute Gasteiger partial charge is 0.306 e.